The second-order valence-corrected chi connectivity index (χ2v) is 6.82. The monoisotopic (exact) mass is 306 g/mol. The van der Waals surface area contributed by atoms with Crippen molar-refractivity contribution >= 4 is 33.2 Å². The fourth-order valence-electron chi connectivity index (χ4n) is 1.30. The van der Waals surface area contributed by atoms with E-state index in [9.17, 15) is 18.0 Å². The summed E-state index contributed by atoms with van der Waals surface area (Å²) in [5.74, 6) is -2.41. The second kappa shape index (κ2) is 5.68. The summed E-state index contributed by atoms with van der Waals surface area (Å²) >= 11 is 0.887. The molecule has 1 aromatic rings. The lowest BCUT2D eigenvalue weighted by Gasteiger charge is -2.17. The second-order valence-electron chi connectivity index (χ2n) is 4.19. The minimum absolute atomic E-state index is 0.0943. The summed E-state index contributed by atoms with van der Waals surface area (Å²) in [4.78, 5) is 21.8. The maximum Gasteiger partial charge on any atom is 0.322 e. The molecule has 1 aromatic heterocycles. The summed E-state index contributed by atoms with van der Waals surface area (Å²) in [6.07, 6.45) is 0. The number of aliphatic carboxylic acids is 1. The molecule has 0 radical (unpaired) electrons. The van der Waals surface area contributed by atoms with Gasteiger partial charge in [0.2, 0.25) is 10.0 Å². The van der Waals surface area contributed by atoms with Crippen molar-refractivity contribution < 1.29 is 23.1 Å². The van der Waals surface area contributed by atoms with Gasteiger partial charge in [0.1, 0.15) is 6.04 Å². The highest BCUT2D eigenvalue weighted by atomic mass is 32.2. The molecule has 1 heterocycles. The summed E-state index contributed by atoms with van der Waals surface area (Å²) in [6, 6.07) is -0.115. The first-order chi connectivity index (χ1) is 8.65. The van der Waals surface area contributed by atoms with Crippen molar-refractivity contribution in [2.75, 3.05) is 0 Å². The van der Waals surface area contributed by atoms with Crippen LogP contribution in [0.1, 0.15) is 23.5 Å². The molecule has 0 aromatic carbocycles. The Morgan fingerprint density at radius 1 is 1.42 bits per heavy atom. The highest BCUT2D eigenvalue weighted by molar-refractivity contribution is 7.89. The topological polar surface area (TPSA) is 127 Å². The number of carbonyl (C=O) groups is 2. The van der Waals surface area contributed by atoms with Gasteiger partial charge in [-0.2, -0.15) is 4.72 Å². The van der Waals surface area contributed by atoms with Gasteiger partial charge in [0, 0.05) is 5.38 Å². The Labute approximate surface area is 114 Å². The smallest absolute Gasteiger partial charge is 0.322 e. The predicted molar refractivity (Wildman–Crippen MR) is 69.4 cm³/mol. The van der Waals surface area contributed by atoms with Crippen LogP contribution < -0.4 is 10.5 Å². The molecule has 0 bridgehead atoms. The lowest BCUT2D eigenvalue weighted by molar-refractivity contribution is -0.140. The van der Waals surface area contributed by atoms with E-state index in [1.165, 1.54) is 5.38 Å². The molecule has 0 aliphatic carbocycles. The fraction of sp³-hybridized carbons (Fsp3) is 0.400. The van der Waals surface area contributed by atoms with Gasteiger partial charge in [-0.15, -0.1) is 11.3 Å². The highest BCUT2D eigenvalue weighted by Gasteiger charge is 2.28. The van der Waals surface area contributed by atoms with Gasteiger partial charge < -0.3 is 10.8 Å². The molecular weight excluding hydrogens is 292 g/mol. The summed E-state index contributed by atoms with van der Waals surface area (Å²) in [6.45, 7) is 3.17. The van der Waals surface area contributed by atoms with E-state index in [0.717, 1.165) is 17.4 Å². The van der Waals surface area contributed by atoms with Gasteiger partial charge >= 0.3 is 5.97 Å². The molecule has 0 saturated carbocycles. The third kappa shape index (κ3) is 3.75. The summed E-state index contributed by atoms with van der Waals surface area (Å²) in [7, 11) is -3.99. The Bertz CT molecular complexity index is 591. The van der Waals surface area contributed by atoms with Crippen LogP contribution in [0.15, 0.2) is 16.3 Å². The normalized spacial score (nSPS) is 13.4. The van der Waals surface area contributed by atoms with Gasteiger partial charge in [-0.3, -0.25) is 9.59 Å². The van der Waals surface area contributed by atoms with Crippen LogP contribution >= 0.6 is 11.3 Å². The largest absolute Gasteiger partial charge is 0.480 e. The number of carboxylic acid groups (broad SMARTS) is 1. The number of hydrogen-bond donors (Lipinski definition) is 3. The first kappa shape index (κ1) is 15.6. The number of rotatable bonds is 6. The van der Waals surface area contributed by atoms with Crippen molar-refractivity contribution in [2.45, 2.75) is 24.8 Å². The zero-order valence-corrected chi connectivity index (χ0v) is 11.9. The van der Waals surface area contributed by atoms with Crippen molar-refractivity contribution in [2.24, 2.45) is 11.7 Å². The quantitative estimate of drug-likeness (QED) is 0.693. The zero-order valence-electron chi connectivity index (χ0n) is 10.3. The molecule has 1 amide bonds. The highest BCUT2D eigenvalue weighted by Crippen LogP contribution is 2.19. The van der Waals surface area contributed by atoms with Crippen LogP contribution in [0.5, 0.6) is 0 Å². The van der Waals surface area contributed by atoms with Gasteiger partial charge in [-0.1, -0.05) is 13.8 Å². The number of nitrogens with one attached hydrogen (secondary N) is 1. The van der Waals surface area contributed by atoms with Crippen LogP contribution in [0.3, 0.4) is 0 Å². The molecule has 0 aliphatic heterocycles. The molecule has 9 heteroatoms. The standard InChI is InChI=1S/C10H14N2O5S2/c1-5(2)8(10(14)15)12-19(16,17)6-3-7(9(11)13)18-4-6/h3-5,8,12H,1-2H3,(H2,11,13)(H,14,15). The average molecular weight is 306 g/mol. The third-order valence-electron chi connectivity index (χ3n) is 2.34. The summed E-state index contributed by atoms with van der Waals surface area (Å²) in [5.41, 5.74) is 5.03. The Morgan fingerprint density at radius 3 is 2.37 bits per heavy atom. The summed E-state index contributed by atoms with van der Waals surface area (Å²) < 4.78 is 26.0. The van der Waals surface area contributed by atoms with Crippen molar-refractivity contribution in [3.05, 3.63) is 16.3 Å². The molecule has 1 rings (SSSR count). The Morgan fingerprint density at radius 2 is 2.00 bits per heavy atom. The zero-order chi connectivity index (χ0) is 14.8. The fourth-order valence-corrected chi connectivity index (χ4v) is 3.76. The van der Waals surface area contributed by atoms with E-state index >= 15 is 0 Å². The minimum Gasteiger partial charge on any atom is -0.480 e. The number of carboxylic acids is 1. The Balaban J connectivity index is 3.03. The SMILES string of the molecule is CC(C)C(NS(=O)(=O)c1csc(C(N)=O)c1)C(=O)O. The van der Waals surface area contributed by atoms with E-state index in [2.05, 4.69) is 4.72 Å². The first-order valence-corrected chi connectivity index (χ1v) is 7.65. The van der Waals surface area contributed by atoms with Crippen LogP contribution in [0.25, 0.3) is 0 Å². The number of sulfonamides is 1. The van der Waals surface area contributed by atoms with Gasteiger partial charge in [-0.25, -0.2) is 8.42 Å². The lowest BCUT2D eigenvalue weighted by atomic mass is 10.1. The maximum absolute atomic E-state index is 12.0. The molecule has 1 atom stereocenters. The molecule has 0 saturated heterocycles. The number of carbonyl (C=O) groups excluding carboxylic acids is 1. The minimum atomic E-state index is -3.99. The van der Waals surface area contributed by atoms with Crippen molar-refractivity contribution in [3.8, 4) is 0 Å². The summed E-state index contributed by atoms with van der Waals surface area (Å²) in [5, 5.41) is 10.2. The third-order valence-corrected chi connectivity index (χ3v) is 4.86. The van der Waals surface area contributed by atoms with Crippen LogP contribution in [0.4, 0.5) is 0 Å². The van der Waals surface area contributed by atoms with E-state index in [-0.39, 0.29) is 9.77 Å². The number of nitrogens with two attached hydrogens (primary N) is 1. The van der Waals surface area contributed by atoms with Gasteiger partial charge in [0.05, 0.1) is 9.77 Å². The van der Waals surface area contributed by atoms with E-state index in [4.69, 9.17) is 10.8 Å². The molecule has 19 heavy (non-hydrogen) atoms. The van der Waals surface area contributed by atoms with Gasteiger partial charge in [0.15, 0.2) is 0 Å². The number of hydrogen-bond acceptors (Lipinski definition) is 5. The molecule has 0 spiro atoms. The van der Waals surface area contributed by atoms with Crippen LogP contribution in [-0.2, 0) is 14.8 Å². The molecule has 0 aliphatic rings. The Kier molecular flexibility index (Phi) is 4.66. The van der Waals surface area contributed by atoms with Gasteiger partial charge in [-0.05, 0) is 12.0 Å². The van der Waals surface area contributed by atoms with E-state index in [1.54, 1.807) is 13.8 Å². The van der Waals surface area contributed by atoms with Crippen LogP contribution in [-0.4, -0.2) is 31.4 Å². The van der Waals surface area contributed by atoms with Crippen LogP contribution in [0.2, 0.25) is 0 Å². The molecule has 1 unspecified atom stereocenters. The van der Waals surface area contributed by atoms with E-state index < -0.39 is 33.9 Å². The van der Waals surface area contributed by atoms with Gasteiger partial charge in [0.25, 0.3) is 5.91 Å². The van der Waals surface area contributed by atoms with Crippen molar-refractivity contribution in [3.63, 3.8) is 0 Å². The molecule has 4 N–H and O–H groups in total. The van der Waals surface area contributed by atoms with Crippen LogP contribution in [0, 0.1) is 5.92 Å². The van der Waals surface area contributed by atoms with Crippen molar-refractivity contribution in [1.29, 1.82) is 0 Å². The van der Waals surface area contributed by atoms with E-state index in [1.807, 2.05) is 0 Å². The molecule has 7 nitrogen and oxygen atoms in total. The van der Waals surface area contributed by atoms with Crippen molar-refractivity contribution in [1.82, 2.24) is 4.72 Å². The maximum atomic E-state index is 12.0. The van der Waals surface area contributed by atoms with E-state index in [0.29, 0.717) is 0 Å². The molecule has 106 valence electrons. The number of amides is 1. The number of primary amides is 1. The predicted octanol–water partition coefficient (Wildman–Crippen LogP) is 0.234. The molecule has 0 fully saturated rings. The first-order valence-electron chi connectivity index (χ1n) is 5.28. The molecular formula is C10H14N2O5S2. The number of thiophene rings is 1. The lowest BCUT2D eigenvalue weighted by Crippen LogP contribution is -2.44. The Hall–Kier alpha value is -1.45. The average Bonchev–Trinajstić information content (AvgIpc) is 2.75.